The molecule has 0 atom stereocenters. The Bertz CT molecular complexity index is 1970. The second-order valence-corrected chi connectivity index (χ2v) is 17.9. The highest BCUT2D eigenvalue weighted by Crippen LogP contribution is 2.39. The Labute approximate surface area is 374 Å². The zero-order valence-corrected chi connectivity index (χ0v) is 38.3. The highest BCUT2D eigenvalue weighted by Gasteiger charge is 2.22. The summed E-state index contributed by atoms with van der Waals surface area (Å²) in [5.74, 6) is -0.820. The predicted octanol–water partition coefficient (Wildman–Crippen LogP) is 11.0. The number of nitrogens with one attached hydrogen (secondary N) is 4. The summed E-state index contributed by atoms with van der Waals surface area (Å²) in [5.41, 5.74) is 6.15. The molecule has 17 heteroatoms. The Morgan fingerprint density at radius 1 is 0.603 bits per heavy atom. The summed E-state index contributed by atoms with van der Waals surface area (Å²) >= 11 is 20.0. The third kappa shape index (κ3) is 15.4. The van der Waals surface area contributed by atoms with Crippen molar-refractivity contribution in [3.8, 4) is 11.5 Å². The maximum atomic E-state index is 11.6. The Morgan fingerprint density at radius 2 is 1.00 bits per heavy atom. The number of amides is 2. The van der Waals surface area contributed by atoms with Crippen molar-refractivity contribution in [2.75, 3.05) is 34.4 Å². The van der Waals surface area contributed by atoms with Crippen LogP contribution in [0.15, 0.2) is 78.6 Å². The van der Waals surface area contributed by atoms with Crippen LogP contribution in [0.1, 0.15) is 55.2 Å². The molecule has 2 aliphatic rings. The van der Waals surface area contributed by atoms with Crippen molar-refractivity contribution >= 4 is 122 Å². The SMILES string of the molecule is Cc1cc(COc2c(Br)cc(NC(=O)CC(=O)O)cc2Br)cc(NCC2CC2)c1.O=C(O)CC(=O)Nc1cc(Br)c(OCc2cc(Cl)cc(NCC3CC3)c2)c(Br)c1. The van der Waals surface area contributed by atoms with Gasteiger partial charge in [-0.3, -0.25) is 19.2 Å². The standard InChI is InChI=1S/C21H22Br2N2O4.C20H19Br2ClN2O4/c1-12-4-14(6-15(5-12)24-10-13-2-3-13)11-29-21-17(22)7-16(8-18(21)23)25-19(26)9-20(27)28;21-16-6-15(25-18(26)8-19(27)28)7-17(22)20(16)29-10-12-3-13(23)5-14(4-12)24-9-11-1-2-11/h4-8,13,24H,2-3,9-11H2,1H3,(H,25,26)(H,27,28);3-7,11,24H,1-2,8-10H2,(H,25,26)(H,27,28). The lowest BCUT2D eigenvalue weighted by molar-refractivity contribution is -0.141. The van der Waals surface area contributed by atoms with Gasteiger partial charge in [-0.25, -0.2) is 0 Å². The van der Waals surface area contributed by atoms with Crippen LogP contribution in [0.2, 0.25) is 5.02 Å². The lowest BCUT2D eigenvalue weighted by atomic mass is 10.1. The average Bonchev–Trinajstić information content (AvgIpc) is 4.05. The van der Waals surface area contributed by atoms with Gasteiger partial charge in [-0.2, -0.15) is 0 Å². The number of benzene rings is 4. The number of carbonyl (C=O) groups is 4. The Hall–Kier alpha value is -3.83. The van der Waals surface area contributed by atoms with Gasteiger partial charge < -0.3 is 41.0 Å². The zero-order chi connectivity index (χ0) is 41.9. The summed E-state index contributed by atoms with van der Waals surface area (Å²) < 4.78 is 14.5. The molecule has 0 unspecified atom stereocenters. The van der Waals surface area contributed by atoms with Gasteiger partial charge in [0, 0.05) is 40.9 Å². The van der Waals surface area contributed by atoms with Crippen LogP contribution >= 0.6 is 75.3 Å². The number of carboxylic acids is 2. The Morgan fingerprint density at radius 3 is 1.40 bits per heavy atom. The van der Waals surface area contributed by atoms with Gasteiger partial charge in [-0.1, -0.05) is 17.7 Å². The van der Waals surface area contributed by atoms with Crippen molar-refractivity contribution in [2.24, 2.45) is 11.8 Å². The summed E-state index contributed by atoms with van der Waals surface area (Å²) in [6, 6.07) is 18.7. The number of carbonyl (C=O) groups excluding carboxylic acids is 2. The fraction of sp³-hybridized carbons (Fsp3) is 0.317. The summed E-state index contributed by atoms with van der Waals surface area (Å²) in [6.45, 7) is 4.72. The number of hydrogen-bond acceptors (Lipinski definition) is 8. The second-order valence-electron chi connectivity index (χ2n) is 14.1. The van der Waals surface area contributed by atoms with Crippen molar-refractivity contribution in [3.05, 3.63) is 100 Å². The summed E-state index contributed by atoms with van der Waals surface area (Å²) in [7, 11) is 0. The molecule has 4 aromatic rings. The highest BCUT2D eigenvalue weighted by atomic mass is 79.9. The van der Waals surface area contributed by atoms with E-state index in [0.717, 1.165) is 47.4 Å². The van der Waals surface area contributed by atoms with Crippen LogP contribution in [0.3, 0.4) is 0 Å². The molecule has 58 heavy (non-hydrogen) atoms. The summed E-state index contributed by atoms with van der Waals surface area (Å²) in [5, 5.41) is 30.0. The van der Waals surface area contributed by atoms with E-state index in [4.69, 9.17) is 31.3 Å². The molecule has 0 heterocycles. The molecule has 308 valence electrons. The molecule has 12 nitrogen and oxygen atoms in total. The normalized spacial score (nSPS) is 13.1. The smallest absolute Gasteiger partial charge is 0.312 e. The van der Waals surface area contributed by atoms with Gasteiger partial charge >= 0.3 is 11.9 Å². The zero-order valence-electron chi connectivity index (χ0n) is 31.2. The molecule has 0 aliphatic heterocycles. The summed E-state index contributed by atoms with van der Waals surface area (Å²) in [6.07, 6.45) is 3.99. The van der Waals surface area contributed by atoms with Crippen molar-refractivity contribution in [2.45, 2.75) is 58.7 Å². The van der Waals surface area contributed by atoms with Gasteiger partial charge in [0.2, 0.25) is 11.8 Å². The van der Waals surface area contributed by atoms with Crippen LogP contribution in [0.4, 0.5) is 22.7 Å². The van der Waals surface area contributed by atoms with E-state index in [-0.39, 0.29) is 0 Å². The van der Waals surface area contributed by atoms with E-state index in [9.17, 15) is 19.2 Å². The Balaban J connectivity index is 0.000000221. The number of aryl methyl sites for hydroxylation is 1. The minimum Gasteiger partial charge on any atom is -0.487 e. The number of carboxylic acid groups (broad SMARTS) is 2. The van der Waals surface area contributed by atoms with E-state index in [2.05, 4.69) is 110 Å². The minimum atomic E-state index is -1.19. The highest BCUT2D eigenvalue weighted by molar-refractivity contribution is 9.11. The van der Waals surface area contributed by atoms with Crippen LogP contribution in [0.25, 0.3) is 0 Å². The number of ether oxygens (including phenoxy) is 2. The van der Waals surface area contributed by atoms with Gasteiger partial charge in [-0.05, 0) is 179 Å². The topological polar surface area (TPSA) is 175 Å². The number of aliphatic carboxylic acids is 2. The molecule has 0 saturated heterocycles. The largest absolute Gasteiger partial charge is 0.487 e. The average molecular weight is 1070 g/mol. The fourth-order valence-electron chi connectivity index (χ4n) is 5.59. The van der Waals surface area contributed by atoms with E-state index in [1.54, 1.807) is 24.3 Å². The number of hydrogen-bond donors (Lipinski definition) is 6. The first-order chi connectivity index (χ1) is 27.6. The first kappa shape index (κ1) is 45.3. The van der Waals surface area contributed by atoms with Gasteiger partial charge in [0.25, 0.3) is 0 Å². The maximum Gasteiger partial charge on any atom is 0.312 e. The van der Waals surface area contributed by atoms with Crippen molar-refractivity contribution in [1.82, 2.24) is 0 Å². The van der Waals surface area contributed by atoms with Crippen molar-refractivity contribution in [3.63, 3.8) is 0 Å². The first-order valence-electron chi connectivity index (χ1n) is 18.2. The van der Waals surface area contributed by atoms with E-state index in [0.29, 0.717) is 59.0 Å². The van der Waals surface area contributed by atoms with E-state index in [1.165, 1.54) is 31.2 Å². The molecular formula is C41H41Br4ClN4O8. The van der Waals surface area contributed by atoms with Crippen molar-refractivity contribution < 1.29 is 38.9 Å². The number of halogens is 5. The maximum absolute atomic E-state index is 11.6. The lowest BCUT2D eigenvalue weighted by Gasteiger charge is -2.14. The van der Waals surface area contributed by atoms with Crippen LogP contribution in [-0.4, -0.2) is 47.1 Å². The van der Waals surface area contributed by atoms with Gasteiger partial charge in [0.1, 0.15) is 37.6 Å². The fourth-order valence-corrected chi connectivity index (χ4v) is 8.68. The van der Waals surface area contributed by atoms with E-state index < -0.39 is 36.6 Å². The lowest BCUT2D eigenvalue weighted by Crippen LogP contribution is -2.16. The third-order valence-corrected chi connectivity index (χ3v) is 11.2. The predicted molar refractivity (Wildman–Crippen MR) is 239 cm³/mol. The molecule has 2 amide bonds. The molecule has 0 radical (unpaired) electrons. The molecule has 4 aromatic carbocycles. The minimum absolute atomic E-state index is 0.306. The molecule has 0 bridgehead atoms. The molecule has 6 N–H and O–H groups in total. The molecule has 0 aromatic heterocycles. The first-order valence-corrected chi connectivity index (χ1v) is 21.8. The van der Waals surface area contributed by atoms with Gasteiger partial charge in [0.15, 0.2) is 0 Å². The molecule has 2 aliphatic carbocycles. The summed E-state index contributed by atoms with van der Waals surface area (Å²) in [4.78, 5) is 44.5. The van der Waals surface area contributed by atoms with E-state index in [1.807, 2.05) is 18.2 Å². The number of anilines is 4. The van der Waals surface area contributed by atoms with Crippen LogP contribution in [0, 0.1) is 18.8 Å². The quantitative estimate of drug-likeness (QED) is 0.0526. The van der Waals surface area contributed by atoms with Crippen LogP contribution < -0.4 is 30.7 Å². The number of rotatable bonds is 18. The molecule has 2 saturated carbocycles. The third-order valence-electron chi connectivity index (χ3n) is 8.63. The monoisotopic (exact) mass is 1070 g/mol. The van der Waals surface area contributed by atoms with E-state index >= 15 is 0 Å². The molecular weight excluding hydrogens is 1030 g/mol. The van der Waals surface area contributed by atoms with Crippen LogP contribution in [-0.2, 0) is 32.4 Å². The van der Waals surface area contributed by atoms with Crippen LogP contribution in [0.5, 0.6) is 11.5 Å². The van der Waals surface area contributed by atoms with Gasteiger partial charge in [-0.15, -0.1) is 0 Å². The van der Waals surface area contributed by atoms with Crippen molar-refractivity contribution in [1.29, 1.82) is 0 Å². The molecule has 0 spiro atoms. The Kier molecular flexibility index (Phi) is 16.7. The molecule has 6 rings (SSSR count). The van der Waals surface area contributed by atoms with Gasteiger partial charge in [0.05, 0.1) is 17.9 Å². The second kappa shape index (κ2) is 21.4. The molecule has 2 fully saturated rings.